The number of hydrogen-bond acceptors (Lipinski definition) is 4. The number of aliphatic hydroxyl groups excluding tert-OH is 1. The molecule has 5 nitrogen and oxygen atoms in total. The number of rotatable bonds is 11. The normalized spacial score (nSPS) is 11.8. The highest BCUT2D eigenvalue weighted by atomic mass is 16.6. The summed E-state index contributed by atoms with van der Waals surface area (Å²) in [7, 11) is 0. The highest BCUT2D eigenvalue weighted by Crippen LogP contribution is 2.30. The molecule has 0 radical (unpaired) electrons. The first-order chi connectivity index (χ1) is 15.9. The third-order valence-electron chi connectivity index (χ3n) is 5.68. The molecule has 3 aromatic carbocycles. The lowest BCUT2D eigenvalue weighted by atomic mass is 9.96. The summed E-state index contributed by atoms with van der Waals surface area (Å²) in [5.41, 5.74) is 0.626. The van der Waals surface area contributed by atoms with Crippen molar-refractivity contribution >= 4 is 27.6 Å². The van der Waals surface area contributed by atoms with Gasteiger partial charge in [-0.3, -0.25) is 0 Å². The van der Waals surface area contributed by atoms with Crippen LogP contribution >= 0.6 is 0 Å². The number of carbonyl (C=O) groups is 1. The van der Waals surface area contributed by atoms with Crippen molar-refractivity contribution in [1.29, 1.82) is 0 Å². The lowest BCUT2D eigenvalue weighted by Gasteiger charge is -2.28. The van der Waals surface area contributed by atoms with Crippen molar-refractivity contribution in [3.05, 3.63) is 60.2 Å². The molecule has 0 saturated heterocycles. The molecule has 3 aromatic rings. The smallest absolute Gasteiger partial charge is 0.410 e. The van der Waals surface area contributed by atoms with Crippen LogP contribution in [0.1, 0.15) is 52.0 Å². The molecular weight excluding hydrogens is 412 g/mol. The number of unbranched alkanes of at least 4 members (excludes halogenated alkanes) is 2. The van der Waals surface area contributed by atoms with E-state index >= 15 is 0 Å². The van der Waals surface area contributed by atoms with Crippen molar-refractivity contribution in [2.24, 2.45) is 0 Å². The first-order valence-corrected chi connectivity index (χ1v) is 12.1. The molecule has 0 heterocycles. The maximum atomic E-state index is 13.1. The Morgan fingerprint density at radius 3 is 2.06 bits per heavy atom. The molecule has 0 bridgehead atoms. The molecule has 0 saturated carbocycles. The van der Waals surface area contributed by atoms with E-state index in [1.54, 1.807) is 0 Å². The Kier molecular flexibility index (Phi) is 9.10. The SMILES string of the molecule is CC(C)(C)OC(=O)N(CCCCNCCCCO)Cc1c2ccccc2cc2ccccc12. The average molecular weight is 451 g/mol. The minimum Gasteiger partial charge on any atom is -0.444 e. The average Bonchev–Trinajstić information content (AvgIpc) is 2.78. The van der Waals surface area contributed by atoms with Gasteiger partial charge >= 0.3 is 6.09 Å². The number of nitrogens with zero attached hydrogens (tertiary/aromatic N) is 1. The fourth-order valence-corrected chi connectivity index (χ4v) is 4.07. The van der Waals surface area contributed by atoms with Crippen molar-refractivity contribution in [3.63, 3.8) is 0 Å². The molecule has 5 heteroatoms. The first kappa shape index (κ1) is 25.0. The first-order valence-electron chi connectivity index (χ1n) is 12.1. The summed E-state index contributed by atoms with van der Waals surface area (Å²) < 4.78 is 5.77. The Morgan fingerprint density at radius 2 is 1.48 bits per heavy atom. The maximum absolute atomic E-state index is 13.1. The van der Waals surface area contributed by atoms with E-state index in [-0.39, 0.29) is 12.7 Å². The summed E-state index contributed by atoms with van der Waals surface area (Å²) in [5.74, 6) is 0. The lowest BCUT2D eigenvalue weighted by Crippen LogP contribution is -2.37. The van der Waals surface area contributed by atoms with Gasteiger partial charge in [0.2, 0.25) is 0 Å². The molecule has 0 aromatic heterocycles. The van der Waals surface area contributed by atoms with Crippen LogP contribution < -0.4 is 5.32 Å². The summed E-state index contributed by atoms with van der Waals surface area (Å²) in [4.78, 5) is 15.0. The largest absolute Gasteiger partial charge is 0.444 e. The molecule has 0 aliphatic rings. The minimum absolute atomic E-state index is 0.245. The molecule has 0 atom stereocenters. The summed E-state index contributed by atoms with van der Waals surface area (Å²) in [6.07, 6.45) is 3.42. The number of amides is 1. The standard InChI is InChI=1S/C28H38N2O3/c1-28(2,3)33-27(32)30(18-10-8-16-29-17-9-11-19-31)21-26-24-14-6-4-12-22(24)20-23-13-5-7-15-25(23)26/h4-7,12-15,20,29,31H,8-11,16-19,21H2,1-3H3. The van der Waals surface area contributed by atoms with E-state index in [2.05, 4.69) is 59.9 Å². The maximum Gasteiger partial charge on any atom is 0.410 e. The predicted molar refractivity (Wildman–Crippen MR) is 137 cm³/mol. The molecule has 3 rings (SSSR count). The molecule has 0 aliphatic carbocycles. The van der Waals surface area contributed by atoms with Gasteiger partial charge in [0.1, 0.15) is 5.60 Å². The van der Waals surface area contributed by atoms with Crippen LogP contribution in [-0.2, 0) is 11.3 Å². The third-order valence-corrected chi connectivity index (χ3v) is 5.68. The van der Waals surface area contributed by atoms with E-state index in [0.717, 1.165) is 44.3 Å². The van der Waals surface area contributed by atoms with Crippen molar-refractivity contribution < 1.29 is 14.6 Å². The molecule has 178 valence electrons. The fraction of sp³-hybridized carbons (Fsp3) is 0.464. The number of ether oxygens (including phenoxy) is 1. The van der Waals surface area contributed by atoms with E-state index in [1.165, 1.54) is 21.5 Å². The van der Waals surface area contributed by atoms with E-state index in [0.29, 0.717) is 13.1 Å². The summed E-state index contributed by atoms with van der Waals surface area (Å²) in [5, 5.41) is 17.0. The van der Waals surface area contributed by atoms with Crippen LogP contribution in [0.2, 0.25) is 0 Å². The van der Waals surface area contributed by atoms with Crippen LogP contribution in [0.3, 0.4) is 0 Å². The Morgan fingerprint density at radius 1 is 0.909 bits per heavy atom. The van der Waals surface area contributed by atoms with Crippen LogP contribution in [-0.4, -0.2) is 47.9 Å². The van der Waals surface area contributed by atoms with E-state index in [1.807, 2.05) is 25.7 Å². The Hall–Kier alpha value is -2.63. The third kappa shape index (κ3) is 7.44. The fourth-order valence-electron chi connectivity index (χ4n) is 4.07. The van der Waals surface area contributed by atoms with Gasteiger partial charge in [-0.1, -0.05) is 48.5 Å². The molecule has 0 aliphatic heterocycles. The topological polar surface area (TPSA) is 61.8 Å². The van der Waals surface area contributed by atoms with Crippen LogP contribution in [0, 0.1) is 0 Å². The molecule has 1 amide bonds. The monoisotopic (exact) mass is 450 g/mol. The van der Waals surface area contributed by atoms with Gasteiger partial charge in [-0.25, -0.2) is 4.79 Å². The zero-order valence-electron chi connectivity index (χ0n) is 20.3. The van der Waals surface area contributed by atoms with Gasteiger partial charge in [-0.15, -0.1) is 0 Å². The molecule has 0 unspecified atom stereocenters. The second kappa shape index (κ2) is 12.0. The zero-order valence-corrected chi connectivity index (χ0v) is 20.3. The van der Waals surface area contributed by atoms with Gasteiger partial charge in [-0.05, 0) is 92.7 Å². The number of aliphatic hydroxyl groups is 1. The second-order valence-corrected chi connectivity index (χ2v) is 9.59. The Balaban J connectivity index is 1.78. The quantitative estimate of drug-likeness (QED) is 0.283. The molecule has 0 fully saturated rings. The lowest BCUT2D eigenvalue weighted by molar-refractivity contribution is 0.0232. The van der Waals surface area contributed by atoms with Gasteiger partial charge in [0.05, 0.1) is 6.54 Å². The van der Waals surface area contributed by atoms with Crippen molar-refractivity contribution in [2.75, 3.05) is 26.2 Å². The number of carbonyl (C=O) groups excluding carboxylic acids is 1. The van der Waals surface area contributed by atoms with Gasteiger partial charge in [-0.2, -0.15) is 0 Å². The van der Waals surface area contributed by atoms with Crippen molar-refractivity contribution in [2.45, 2.75) is 58.6 Å². The predicted octanol–water partition coefficient (Wildman–Crippen LogP) is 5.87. The van der Waals surface area contributed by atoms with Crippen LogP contribution in [0.15, 0.2) is 54.6 Å². The van der Waals surface area contributed by atoms with E-state index in [4.69, 9.17) is 9.84 Å². The molecule has 0 spiro atoms. The van der Waals surface area contributed by atoms with Crippen molar-refractivity contribution in [1.82, 2.24) is 10.2 Å². The van der Waals surface area contributed by atoms with E-state index in [9.17, 15) is 4.79 Å². The molecule has 33 heavy (non-hydrogen) atoms. The summed E-state index contributed by atoms with van der Waals surface area (Å²) in [6.45, 7) is 8.95. The summed E-state index contributed by atoms with van der Waals surface area (Å²) in [6, 6.07) is 19.0. The number of benzene rings is 3. The number of hydrogen-bond donors (Lipinski definition) is 2. The van der Waals surface area contributed by atoms with Crippen LogP contribution in [0.5, 0.6) is 0 Å². The van der Waals surface area contributed by atoms with Gasteiger partial charge in [0, 0.05) is 13.2 Å². The highest BCUT2D eigenvalue weighted by molar-refractivity contribution is 6.02. The van der Waals surface area contributed by atoms with Gasteiger partial charge in [0.25, 0.3) is 0 Å². The van der Waals surface area contributed by atoms with Crippen LogP contribution in [0.4, 0.5) is 4.79 Å². The highest BCUT2D eigenvalue weighted by Gasteiger charge is 2.23. The van der Waals surface area contributed by atoms with Gasteiger partial charge < -0.3 is 20.1 Å². The summed E-state index contributed by atoms with van der Waals surface area (Å²) >= 11 is 0. The number of fused-ring (bicyclic) bond motifs is 2. The zero-order chi connectivity index (χ0) is 23.7. The number of nitrogens with one attached hydrogen (secondary N) is 1. The molecule has 2 N–H and O–H groups in total. The van der Waals surface area contributed by atoms with E-state index < -0.39 is 5.60 Å². The molecular formula is C28H38N2O3. The van der Waals surface area contributed by atoms with Crippen molar-refractivity contribution in [3.8, 4) is 0 Å². The van der Waals surface area contributed by atoms with Crippen LogP contribution in [0.25, 0.3) is 21.5 Å². The Bertz CT molecular complexity index is 988. The minimum atomic E-state index is -0.537. The Labute approximate surface area is 197 Å². The van der Waals surface area contributed by atoms with Gasteiger partial charge in [0.15, 0.2) is 0 Å². The second-order valence-electron chi connectivity index (χ2n) is 9.59.